The molecule has 0 saturated carbocycles. The van der Waals surface area contributed by atoms with Crippen molar-refractivity contribution in [2.45, 2.75) is 105 Å². The first-order valence-electron chi connectivity index (χ1n) is 12.5. The second kappa shape index (κ2) is 12.7. The zero-order chi connectivity index (χ0) is 26.5. The normalized spacial score (nSPS) is 34.5. The smallest absolute Gasteiger partial charge is 0.157 e. The van der Waals surface area contributed by atoms with E-state index in [0.29, 0.717) is 0 Å². The number of hydrogen-bond donors (Lipinski definition) is 4. The molecule has 0 aliphatic carbocycles. The molecule has 0 saturated heterocycles. The van der Waals surface area contributed by atoms with Crippen molar-refractivity contribution in [1.82, 2.24) is 4.98 Å². The molecule has 1 aromatic heterocycles. The van der Waals surface area contributed by atoms with Crippen LogP contribution in [-0.2, 0) is 9.53 Å². The summed E-state index contributed by atoms with van der Waals surface area (Å²) in [5.41, 5.74) is 8.08. The number of aliphatic hydroxyl groups excluding tert-OH is 3. The Balaban J connectivity index is 2.39. The van der Waals surface area contributed by atoms with Gasteiger partial charge < -0.3 is 25.8 Å². The first-order chi connectivity index (χ1) is 16.2. The van der Waals surface area contributed by atoms with E-state index in [1.807, 2.05) is 45.2 Å². The molecule has 5 N–H and O–H groups in total. The summed E-state index contributed by atoms with van der Waals surface area (Å²) in [6.45, 7) is 12.8. The fourth-order valence-corrected chi connectivity index (χ4v) is 5.32. The van der Waals surface area contributed by atoms with Gasteiger partial charge in [0.1, 0.15) is 11.9 Å². The monoisotopic (exact) mass is 508 g/mol. The lowest BCUT2D eigenvalue weighted by molar-refractivity contribution is -0.162. The quantitative estimate of drug-likeness (QED) is 0.445. The molecule has 2 heterocycles. The van der Waals surface area contributed by atoms with Crippen LogP contribution in [0.1, 0.15) is 77.9 Å². The number of nitrogens with two attached hydrogens (primary N) is 1. The topological polar surface area (TPSA) is 126 Å². The maximum absolute atomic E-state index is 13.2. The van der Waals surface area contributed by atoms with Crippen LogP contribution < -0.4 is 5.73 Å². The largest absolute Gasteiger partial charge is 0.392 e. The van der Waals surface area contributed by atoms with Crippen molar-refractivity contribution >= 4 is 23.2 Å². The van der Waals surface area contributed by atoms with E-state index in [-0.39, 0.29) is 18.1 Å². The van der Waals surface area contributed by atoms with Crippen LogP contribution in [0.5, 0.6) is 0 Å². The van der Waals surface area contributed by atoms with E-state index in [2.05, 4.69) is 4.98 Å². The number of rotatable bonds is 2. The van der Waals surface area contributed by atoms with Gasteiger partial charge in [-0.25, -0.2) is 4.98 Å². The Hall–Kier alpha value is -1.42. The minimum atomic E-state index is -1.34. The van der Waals surface area contributed by atoms with Gasteiger partial charge in [0.25, 0.3) is 0 Å². The van der Waals surface area contributed by atoms with Crippen molar-refractivity contribution in [3.05, 3.63) is 33.3 Å². The van der Waals surface area contributed by atoms with Crippen LogP contribution in [0.3, 0.4) is 0 Å². The summed E-state index contributed by atoms with van der Waals surface area (Å²) < 4.78 is 5.99. The summed E-state index contributed by atoms with van der Waals surface area (Å²) in [6, 6.07) is -0.525. The van der Waals surface area contributed by atoms with Gasteiger partial charge in [-0.2, -0.15) is 0 Å². The third kappa shape index (κ3) is 8.03. The molecular weight excluding hydrogens is 464 g/mol. The van der Waals surface area contributed by atoms with E-state index >= 15 is 0 Å². The molecule has 8 heteroatoms. The summed E-state index contributed by atoms with van der Waals surface area (Å²) in [5.74, 6) is -0.933. The van der Waals surface area contributed by atoms with Crippen LogP contribution in [-0.4, -0.2) is 56.7 Å². The molecule has 0 spiro atoms. The zero-order valence-corrected chi connectivity index (χ0v) is 23.0. The van der Waals surface area contributed by atoms with Crippen molar-refractivity contribution in [3.63, 3.8) is 0 Å². The second-order valence-electron chi connectivity index (χ2n) is 10.8. The number of thiazole rings is 1. The highest BCUT2D eigenvalue weighted by Gasteiger charge is 2.42. The summed E-state index contributed by atoms with van der Waals surface area (Å²) in [4.78, 5) is 17.7. The molecule has 0 amide bonds. The molecule has 0 radical (unpaired) electrons. The van der Waals surface area contributed by atoms with Crippen LogP contribution in [0.2, 0.25) is 0 Å². The number of carbonyl (C=O) groups is 1. The number of Topliss-reactive ketones (excluding diaryl/α,β-unsaturated/α-hetero) is 1. The number of aryl methyl sites for hydroxylation is 1. The van der Waals surface area contributed by atoms with Crippen LogP contribution in [0.25, 0.3) is 6.08 Å². The van der Waals surface area contributed by atoms with E-state index in [1.54, 1.807) is 32.1 Å². The van der Waals surface area contributed by atoms with Gasteiger partial charge in [0.05, 0.1) is 29.0 Å². The van der Waals surface area contributed by atoms with Crippen LogP contribution in [0.15, 0.2) is 22.6 Å². The molecule has 198 valence electrons. The third-order valence-electron chi connectivity index (χ3n) is 7.22. The minimum absolute atomic E-state index is 0.0651. The molecular formula is C27H44N2O5S. The molecule has 1 aliphatic rings. The number of aliphatic hydroxyl groups is 3. The lowest BCUT2D eigenvalue weighted by Crippen LogP contribution is -2.47. The van der Waals surface area contributed by atoms with Crippen LogP contribution in [0.4, 0.5) is 0 Å². The zero-order valence-electron chi connectivity index (χ0n) is 22.2. The van der Waals surface area contributed by atoms with Gasteiger partial charge in [-0.1, -0.05) is 39.3 Å². The SMILES string of the molecule is CC1=CC(N)[C@@H](C(C)=Cc2csc(C)n2)O[C@H](O)C[C@H](O)C(C)(C)C(=O)[C@H](C)[C@@H](O)[C@@H](C)CCC1. The van der Waals surface area contributed by atoms with Crippen molar-refractivity contribution in [2.24, 2.45) is 23.0 Å². The summed E-state index contributed by atoms with van der Waals surface area (Å²) in [7, 11) is 0. The predicted molar refractivity (Wildman–Crippen MR) is 141 cm³/mol. The van der Waals surface area contributed by atoms with Crippen molar-refractivity contribution in [1.29, 1.82) is 0 Å². The number of aromatic nitrogens is 1. The molecule has 0 bridgehead atoms. The van der Waals surface area contributed by atoms with E-state index in [0.717, 1.165) is 41.1 Å². The van der Waals surface area contributed by atoms with Gasteiger partial charge in [0, 0.05) is 23.1 Å². The Kier molecular flexibility index (Phi) is 10.8. The highest BCUT2D eigenvalue weighted by molar-refractivity contribution is 7.09. The lowest BCUT2D eigenvalue weighted by Gasteiger charge is -2.36. The number of allylic oxidation sites excluding steroid dienone is 1. The van der Waals surface area contributed by atoms with E-state index in [1.165, 1.54) is 0 Å². The number of ketones is 1. The molecule has 1 aliphatic heterocycles. The highest BCUT2D eigenvalue weighted by atomic mass is 32.1. The molecule has 0 fully saturated rings. The molecule has 7 atom stereocenters. The first kappa shape index (κ1) is 29.8. The molecule has 1 unspecified atom stereocenters. The van der Waals surface area contributed by atoms with Crippen molar-refractivity contribution in [3.8, 4) is 0 Å². The predicted octanol–water partition coefficient (Wildman–Crippen LogP) is 4.00. The van der Waals surface area contributed by atoms with Crippen LogP contribution in [0, 0.1) is 24.2 Å². The Morgan fingerprint density at radius 3 is 2.51 bits per heavy atom. The lowest BCUT2D eigenvalue weighted by atomic mass is 9.73. The fraction of sp³-hybridized carbons (Fsp3) is 0.704. The van der Waals surface area contributed by atoms with E-state index < -0.39 is 42.0 Å². The van der Waals surface area contributed by atoms with Gasteiger partial charge in [-0.3, -0.25) is 4.79 Å². The number of ether oxygens (including phenoxy) is 1. The average molecular weight is 509 g/mol. The summed E-state index contributed by atoms with van der Waals surface area (Å²) >= 11 is 1.55. The second-order valence-corrected chi connectivity index (χ2v) is 11.8. The molecule has 0 aromatic carbocycles. The molecule has 1 aromatic rings. The maximum Gasteiger partial charge on any atom is 0.157 e. The summed E-state index contributed by atoms with van der Waals surface area (Å²) in [6.07, 6.45) is 2.17. The van der Waals surface area contributed by atoms with Crippen molar-refractivity contribution < 1.29 is 24.9 Å². The standard InChI is InChI=1S/C27H44N2O5S/c1-15-9-8-10-16(2)24(32)18(4)26(33)27(6,7)22(30)13-23(31)34-25(21(28)11-15)17(3)12-20-14-35-19(5)29-20/h11-12,14,16,18,21-25,30-32H,8-10,13,28H2,1-7H3/t16-,18+,21?,22-,23-,24-,25+/m0/s1. The number of nitrogens with zero attached hydrogens (tertiary/aromatic N) is 1. The maximum atomic E-state index is 13.2. The van der Waals surface area contributed by atoms with E-state index in [4.69, 9.17) is 10.5 Å². The minimum Gasteiger partial charge on any atom is -0.392 e. The summed E-state index contributed by atoms with van der Waals surface area (Å²) in [5, 5.41) is 35.4. The Labute approximate surface area is 214 Å². The van der Waals surface area contributed by atoms with Gasteiger partial charge in [0.2, 0.25) is 0 Å². The number of hydrogen-bond acceptors (Lipinski definition) is 8. The fourth-order valence-electron chi connectivity index (χ4n) is 4.75. The van der Waals surface area contributed by atoms with Crippen molar-refractivity contribution in [2.75, 3.05) is 0 Å². The van der Waals surface area contributed by atoms with Gasteiger partial charge >= 0.3 is 0 Å². The number of carbonyl (C=O) groups excluding carboxylic acids is 1. The Morgan fingerprint density at radius 1 is 1.26 bits per heavy atom. The molecule has 2 rings (SSSR count). The van der Waals surface area contributed by atoms with Gasteiger partial charge in [-0.15, -0.1) is 11.3 Å². The van der Waals surface area contributed by atoms with E-state index in [9.17, 15) is 20.1 Å². The van der Waals surface area contributed by atoms with Gasteiger partial charge in [0.15, 0.2) is 6.29 Å². The van der Waals surface area contributed by atoms with Gasteiger partial charge in [-0.05, 0) is 57.6 Å². The average Bonchev–Trinajstić information content (AvgIpc) is 3.19. The first-order valence-corrected chi connectivity index (χ1v) is 13.4. The molecule has 35 heavy (non-hydrogen) atoms. The van der Waals surface area contributed by atoms with Crippen LogP contribution >= 0.6 is 11.3 Å². The Bertz CT molecular complexity index is 909. The highest BCUT2D eigenvalue weighted by Crippen LogP contribution is 2.33. The molecule has 7 nitrogen and oxygen atoms in total. The Morgan fingerprint density at radius 2 is 1.91 bits per heavy atom. The third-order valence-corrected chi connectivity index (χ3v) is 8.02.